The van der Waals surface area contributed by atoms with Gasteiger partial charge in [-0.2, -0.15) is 0 Å². The van der Waals surface area contributed by atoms with Crippen molar-refractivity contribution in [3.05, 3.63) is 0 Å². The van der Waals surface area contributed by atoms with Gasteiger partial charge in [-0.05, 0) is 31.5 Å². The van der Waals surface area contributed by atoms with Crippen LogP contribution < -0.4 is 0 Å². The van der Waals surface area contributed by atoms with Crippen LogP contribution in [0.25, 0.3) is 0 Å². The molecule has 0 spiro atoms. The molecule has 1 saturated heterocycles. The highest BCUT2D eigenvalue weighted by Gasteiger charge is 2.40. The van der Waals surface area contributed by atoms with Gasteiger partial charge in [0.1, 0.15) is 12.9 Å². The minimum Gasteiger partial charge on any atom is -0.412 e. The molecule has 22 heavy (non-hydrogen) atoms. The standard InChI is InChI=1S/C16H32O5Si/c1-15(2,3)22(5,6)21-14(13-18-10-9-17)7-8-16(4)19-11-12-20-16/h9,14H,7-8,10-13H2,1-6H3/t14-/m0/s1. The fraction of sp³-hybridized carbons (Fsp3) is 0.938. The minimum atomic E-state index is -1.88. The van der Waals surface area contributed by atoms with Crippen LogP contribution in [0, 0.1) is 0 Å². The molecule has 0 aliphatic carbocycles. The van der Waals surface area contributed by atoms with E-state index in [1.807, 2.05) is 6.92 Å². The van der Waals surface area contributed by atoms with Crippen molar-refractivity contribution in [1.29, 1.82) is 0 Å². The summed E-state index contributed by atoms with van der Waals surface area (Å²) in [7, 11) is -1.88. The second kappa shape index (κ2) is 8.01. The summed E-state index contributed by atoms with van der Waals surface area (Å²) in [5, 5.41) is 0.139. The van der Waals surface area contributed by atoms with Crippen molar-refractivity contribution in [2.45, 2.75) is 70.6 Å². The van der Waals surface area contributed by atoms with E-state index in [1.165, 1.54) is 0 Å². The first-order valence-corrected chi connectivity index (χ1v) is 11.0. The number of hydrogen-bond acceptors (Lipinski definition) is 5. The molecule has 1 heterocycles. The second-order valence-electron chi connectivity index (χ2n) is 7.57. The van der Waals surface area contributed by atoms with Gasteiger partial charge in [0.05, 0.1) is 25.9 Å². The molecule has 5 nitrogen and oxygen atoms in total. The Labute approximate surface area is 135 Å². The van der Waals surface area contributed by atoms with Crippen LogP contribution in [0.2, 0.25) is 18.1 Å². The summed E-state index contributed by atoms with van der Waals surface area (Å²) < 4.78 is 23.1. The Morgan fingerprint density at radius 1 is 1.27 bits per heavy atom. The van der Waals surface area contributed by atoms with E-state index in [1.54, 1.807) is 0 Å². The predicted molar refractivity (Wildman–Crippen MR) is 88.5 cm³/mol. The van der Waals surface area contributed by atoms with Crippen molar-refractivity contribution in [2.75, 3.05) is 26.4 Å². The third-order valence-corrected chi connectivity index (χ3v) is 9.11. The molecule has 0 aromatic carbocycles. The second-order valence-corrected chi connectivity index (χ2v) is 12.3. The van der Waals surface area contributed by atoms with E-state index in [2.05, 4.69) is 33.9 Å². The summed E-state index contributed by atoms with van der Waals surface area (Å²) in [6, 6.07) is 0. The lowest BCUT2D eigenvalue weighted by atomic mass is 10.1. The normalized spacial score (nSPS) is 20.1. The quantitative estimate of drug-likeness (QED) is 0.369. The average molecular weight is 333 g/mol. The molecule has 1 rings (SSSR count). The van der Waals surface area contributed by atoms with Gasteiger partial charge >= 0.3 is 0 Å². The molecule has 6 heteroatoms. The molecule has 1 aliphatic rings. The van der Waals surface area contributed by atoms with Crippen LogP contribution in [-0.4, -0.2) is 52.9 Å². The molecule has 0 saturated carbocycles. The average Bonchev–Trinajstić information content (AvgIpc) is 2.82. The Bertz CT molecular complexity index is 345. The van der Waals surface area contributed by atoms with E-state index in [-0.39, 0.29) is 17.7 Å². The van der Waals surface area contributed by atoms with Gasteiger partial charge in [-0.25, -0.2) is 0 Å². The van der Waals surface area contributed by atoms with E-state index in [4.69, 9.17) is 18.6 Å². The van der Waals surface area contributed by atoms with E-state index >= 15 is 0 Å². The Morgan fingerprint density at radius 2 is 1.86 bits per heavy atom. The predicted octanol–water partition coefficient (Wildman–Crippen LogP) is 3.14. The minimum absolute atomic E-state index is 0.0366. The monoisotopic (exact) mass is 332 g/mol. The lowest BCUT2D eigenvalue weighted by Crippen LogP contribution is -2.45. The van der Waals surface area contributed by atoms with Gasteiger partial charge < -0.3 is 23.4 Å². The topological polar surface area (TPSA) is 54.0 Å². The zero-order chi connectivity index (χ0) is 16.9. The third kappa shape index (κ3) is 6.08. The van der Waals surface area contributed by atoms with Crippen molar-refractivity contribution in [3.63, 3.8) is 0 Å². The highest BCUT2D eigenvalue weighted by Crippen LogP contribution is 2.38. The molecule has 0 amide bonds. The fourth-order valence-corrected chi connectivity index (χ4v) is 3.51. The van der Waals surface area contributed by atoms with Gasteiger partial charge in [-0.15, -0.1) is 0 Å². The number of ether oxygens (including phenoxy) is 3. The van der Waals surface area contributed by atoms with Crippen LogP contribution in [-0.2, 0) is 23.4 Å². The van der Waals surface area contributed by atoms with Gasteiger partial charge in [0.15, 0.2) is 14.1 Å². The summed E-state index contributed by atoms with van der Waals surface area (Å²) in [4.78, 5) is 10.5. The van der Waals surface area contributed by atoms with Crippen molar-refractivity contribution in [1.82, 2.24) is 0 Å². The van der Waals surface area contributed by atoms with E-state index in [0.717, 1.165) is 19.1 Å². The van der Waals surface area contributed by atoms with E-state index in [9.17, 15) is 4.79 Å². The zero-order valence-electron chi connectivity index (χ0n) is 14.9. The number of hydrogen-bond donors (Lipinski definition) is 0. The molecule has 1 fully saturated rings. The first-order valence-electron chi connectivity index (χ1n) is 8.07. The Morgan fingerprint density at radius 3 is 2.36 bits per heavy atom. The zero-order valence-corrected chi connectivity index (χ0v) is 15.9. The molecule has 0 bridgehead atoms. The molecule has 0 N–H and O–H groups in total. The highest BCUT2D eigenvalue weighted by molar-refractivity contribution is 6.74. The van der Waals surface area contributed by atoms with Crippen LogP contribution in [0.1, 0.15) is 40.5 Å². The van der Waals surface area contributed by atoms with Crippen LogP contribution in [0.5, 0.6) is 0 Å². The van der Waals surface area contributed by atoms with Crippen molar-refractivity contribution in [3.8, 4) is 0 Å². The van der Waals surface area contributed by atoms with Gasteiger partial charge in [-0.1, -0.05) is 20.8 Å². The summed E-state index contributed by atoms with van der Waals surface area (Å²) in [6.07, 6.45) is 2.29. The van der Waals surface area contributed by atoms with E-state index < -0.39 is 14.1 Å². The Balaban J connectivity index is 2.60. The van der Waals surface area contributed by atoms with Crippen molar-refractivity contribution < 1.29 is 23.4 Å². The molecule has 0 unspecified atom stereocenters. The van der Waals surface area contributed by atoms with Gasteiger partial charge in [0.2, 0.25) is 0 Å². The first kappa shape index (κ1) is 19.8. The van der Waals surface area contributed by atoms with Gasteiger partial charge in [-0.3, -0.25) is 0 Å². The number of aldehydes is 1. The maximum Gasteiger partial charge on any atom is 0.192 e. The van der Waals surface area contributed by atoms with E-state index in [0.29, 0.717) is 19.8 Å². The molecule has 0 aromatic rings. The maximum absolute atomic E-state index is 10.5. The molecular formula is C16H32O5Si. The van der Waals surface area contributed by atoms with Crippen LogP contribution in [0.4, 0.5) is 0 Å². The number of carbonyl (C=O) groups is 1. The lowest BCUT2D eigenvalue weighted by Gasteiger charge is -2.39. The summed E-state index contributed by atoms with van der Waals surface area (Å²) in [5.74, 6) is -0.514. The number of rotatable bonds is 9. The third-order valence-electron chi connectivity index (χ3n) is 4.58. The molecule has 1 atom stereocenters. The fourth-order valence-electron chi connectivity index (χ4n) is 2.14. The smallest absolute Gasteiger partial charge is 0.192 e. The summed E-state index contributed by atoms with van der Waals surface area (Å²) in [6.45, 7) is 14.9. The maximum atomic E-state index is 10.5. The Hall–Kier alpha value is -0.273. The van der Waals surface area contributed by atoms with Crippen molar-refractivity contribution >= 4 is 14.6 Å². The highest BCUT2D eigenvalue weighted by atomic mass is 28.4. The summed E-state index contributed by atoms with van der Waals surface area (Å²) in [5.41, 5.74) is 0. The molecule has 130 valence electrons. The largest absolute Gasteiger partial charge is 0.412 e. The van der Waals surface area contributed by atoms with Crippen LogP contribution >= 0.6 is 0 Å². The van der Waals surface area contributed by atoms with Crippen molar-refractivity contribution in [2.24, 2.45) is 0 Å². The van der Waals surface area contributed by atoms with Crippen LogP contribution in [0.3, 0.4) is 0 Å². The van der Waals surface area contributed by atoms with Crippen LogP contribution in [0.15, 0.2) is 0 Å². The molecule has 1 aliphatic heterocycles. The summed E-state index contributed by atoms with van der Waals surface area (Å²) >= 11 is 0. The lowest BCUT2D eigenvalue weighted by molar-refractivity contribution is -0.152. The first-order chi connectivity index (χ1) is 10.1. The van der Waals surface area contributed by atoms with Gasteiger partial charge in [0.25, 0.3) is 0 Å². The number of carbonyl (C=O) groups excluding carboxylic acids is 1. The molecule has 0 radical (unpaired) electrons. The molecular weight excluding hydrogens is 300 g/mol. The SMILES string of the molecule is CC1(CC[C@@H](COCC=O)O[Si](C)(C)C(C)(C)C)OCCO1. The molecule has 0 aromatic heterocycles. The van der Waals surface area contributed by atoms with Gasteiger partial charge in [0, 0.05) is 6.42 Å². The Kier molecular flexibility index (Phi) is 7.20.